The lowest BCUT2D eigenvalue weighted by molar-refractivity contribution is -0.154. The van der Waals surface area contributed by atoms with E-state index in [2.05, 4.69) is 98.9 Å². The van der Waals surface area contributed by atoms with Crippen LogP contribution >= 0.6 is 7.82 Å². The van der Waals surface area contributed by atoms with Crippen molar-refractivity contribution in [3.8, 4) is 0 Å². The highest BCUT2D eigenvalue weighted by atomic mass is 31.2. The Hall–Kier alpha value is -2.32. The normalized spacial score (nSPS) is 14.2. The largest absolute Gasteiger partial charge is 0.472 e. The van der Waals surface area contributed by atoms with Gasteiger partial charge in [0.15, 0.2) is 0 Å². The molecule has 0 aromatic heterocycles. The minimum Gasteiger partial charge on any atom is -0.457 e. The zero-order valence-corrected chi connectivity index (χ0v) is 37.9. The van der Waals surface area contributed by atoms with Gasteiger partial charge >= 0.3 is 13.8 Å². The fourth-order valence-corrected chi connectivity index (χ4v) is 6.70. The minimum absolute atomic E-state index is 0.0928. The van der Waals surface area contributed by atoms with Crippen molar-refractivity contribution < 1.29 is 32.8 Å². The lowest BCUT2D eigenvalue weighted by Gasteiger charge is -2.20. The summed E-state index contributed by atoms with van der Waals surface area (Å²) in [6.45, 7) is 4.74. The van der Waals surface area contributed by atoms with Crippen molar-refractivity contribution in [1.29, 1.82) is 0 Å². The summed E-state index contributed by atoms with van der Waals surface area (Å²) in [6.07, 6.45) is 58.9. The molecule has 0 rings (SSSR count). The number of allylic oxidation sites excluding steroid dienone is 14. The van der Waals surface area contributed by atoms with Gasteiger partial charge in [0.25, 0.3) is 0 Å². The molecule has 0 aromatic rings. The molecule has 0 aliphatic carbocycles. The molecule has 2 unspecified atom stereocenters. The van der Waals surface area contributed by atoms with Crippen LogP contribution in [-0.4, -0.2) is 49.9 Å². The molecular formula is C49H86NO7P. The summed E-state index contributed by atoms with van der Waals surface area (Å²) in [5.41, 5.74) is 5.37. The molecule has 0 saturated carbocycles. The van der Waals surface area contributed by atoms with Gasteiger partial charge in [-0.15, -0.1) is 0 Å². The Labute approximate surface area is 356 Å². The molecule has 334 valence electrons. The molecule has 0 fully saturated rings. The number of phosphoric acid groups is 1. The summed E-state index contributed by atoms with van der Waals surface area (Å²) in [5.74, 6) is -0.348. The van der Waals surface area contributed by atoms with Crippen molar-refractivity contribution in [3.63, 3.8) is 0 Å². The molecule has 2 atom stereocenters. The van der Waals surface area contributed by atoms with Gasteiger partial charge in [-0.3, -0.25) is 13.8 Å². The van der Waals surface area contributed by atoms with Gasteiger partial charge in [-0.1, -0.05) is 170 Å². The van der Waals surface area contributed by atoms with Gasteiger partial charge in [-0.2, -0.15) is 0 Å². The molecular weight excluding hydrogens is 746 g/mol. The predicted octanol–water partition coefficient (Wildman–Crippen LogP) is 14.1. The van der Waals surface area contributed by atoms with Crippen molar-refractivity contribution in [2.24, 2.45) is 5.73 Å². The first-order valence-corrected chi connectivity index (χ1v) is 24.6. The van der Waals surface area contributed by atoms with E-state index in [1.807, 2.05) is 0 Å². The molecule has 8 nitrogen and oxygen atoms in total. The second-order valence-electron chi connectivity index (χ2n) is 14.9. The lowest BCUT2D eigenvalue weighted by Crippen LogP contribution is -2.28. The highest BCUT2D eigenvalue weighted by Gasteiger charge is 2.25. The van der Waals surface area contributed by atoms with E-state index in [9.17, 15) is 14.3 Å². The van der Waals surface area contributed by atoms with Gasteiger partial charge in [0.2, 0.25) is 0 Å². The number of phosphoric ester groups is 1. The Balaban J connectivity index is 4.02. The van der Waals surface area contributed by atoms with Crippen molar-refractivity contribution in [2.45, 2.75) is 187 Å². The summed E-state index contributed by atoms with van der Waals surface area (Å²) in [6, 6.07) is 0. The maximum absolute atomic E-state index is 12.6. The highest BCUT2D eigenvalue weighted by molar-refractivity contribution is 7.47. The van der Waals surface area contributed by atoms with E-state index in [0.717, 1.165) is 96.3 Å². The number of ether oxygens (including phenoxy) is 2. The number of esters is 1. The zero-order chi connectivity index (χ0) is 42.3. The topological polar surface area (TPSA) is 117 Å². The predicted molar refractivity (Wildman–Crippen MR) is 247 cm³/mol. The van der Waals surface area contributed by atoms with E-state index in [1.165, 1.54) is 64.2 Å². The molecule has 0 radical (unpaired) electrons. The van der Waals surface area contributed by atoms with Crippen molar-refractivity contribution in [1.82, 2.24) is 0 Å². The van der Waals surface area contributed by atoms with E-state index in [0.29, 0.717) is 13.0 Å². The quantitative estimate of drug-likeness (QED) is 0.0270. The van der Waals surface area contributed by atoms with Crippen LogP contribution in [0.3, 0.4) is 0 Å². The summed E-state index contributed by atoms with van der Waals surface area (Å²) in [7, 11) is -4.29. The van der Waals surface area contributed by atoms with E-state index in [4.69, 9.17) is 24.3 Å². The van der Waals surface area contributed by atoms with Crippen molar-refractivity contribution >= 4 is 13.8 Å². The van der Waals surface area contributed by atoms with Gasteiger partial charge in [0.05, 0.1) is 19.8 Å². The zero-order valence-electron chi connectivity index (χ0n) is 37.0. The van der Waals surface area contributed by atoms with Crippen LogP contribution in [-0.2, 0) is 27.9 Å². The fourth-order valence-electron chi connectivity index (χ4n) is 5.93. The number of unbranched alkanes of at least 4 members (excludes halogenated alkanes) is 16. The first-order valence-electron chi connectivity index (χ1n) is 23.1. The molecule has 0 aromatic carbocycles. The average molecular weight is 832 g/mol. The third-order valence-electron chi connectivity index (χ3n) is 9.30. The Kier molecular flexibility index (Phi) is 43.9. The first-order chi connectivity index (χ1) is 28.4. The maximum Gasteiger partial charge on any atom is 0.472 e. The molecule has 0 saturated heterocycles. The maximum atomic E-state index is 12.6. The molecule has 0 aliphatic heterocycles. The standard InChI is InChI=1S/C49H86NO7P/c1-3-5-7-9-11-13-15-17-18-19-20-21-22-23-24-25-26-27-28-29-31-33-35-37-39-41-44-54-46-48(47-56-58(52,53)55-45-43-50)57-49(51)42-40-38-36-34-32-30-16-14-12-10-8-6-4-2/h5,7,11,13-14,16-18,20-21,23-24,26-27,48H,3-4,6,8-10,12,15,19,22,25,28-47,50H2,1-2H3,(H,52,53)/b7-5-,13-11-,16-14-,18-17-,21-20-,24-23-,27-26-. The Bertz CT molecular complexity index is 1160. The second-order valence-corrected chi connectivity index (χ2v) is 16.3. The summed E-state index contributed by atoms with van der Waals surface area (Å²) >= 11 is 0. The van der Waals surface area contributed by atoms with E-state index < -0.39 is 13.9 Å². The molecule has 3 N–H and O–H groups in total. The minimum atomic E-state index is -4.29. The fraction of sp³-hybridized carbons (Fsp3) is 0.694. The van der Waals surface area contributed by atoms with Crippen LogP contribution in [0, 0.1) is 0 Å². The van der Waals surface area contributed by atoms with E-state index >= 15 is 0 Å². The molecule has 0 heterocycles. The van der Waals surface area contributed by atoms with Crippen LogP contribution in [0.1, 0.15) is 181 Å². The van der Waals surface area contributed by atoms with Gasteiger partial charge in [0, 0.05) is 19.6 Å². The van der Waals surface area contributed by atoms with Crippen molar-refractivity contribution in [2.75, 3.05) is 33.0 Å². The smallest absolute Gasteiger partial charge is 0.457 e. The van der Waals surface area contributed by atoms with E-state index in [-0.39, 0.29) is 32.3 Å². The molecule has 0 spiro atoms. The average Bonchev–Trinajstić information content (AvgIpc) is 3.21. The van der Waals surface area contributed by atoms with Crippen LogP contribution in [0.15, 0.2) is 85.1 Å². The second kappa shape index (κ2) is 45.8. The molecule has 0 aliphatic rings. The number of hydrogen-bond donors (Lipinski definition) is 2. The molecule has 9 heteroatoms. The monoisotopic (exact) mass is 832 g/mol. The molecule has 0 bridgehead atoms. The van der Waals surface area contributed by atoms with Crippen LogP contribution in [0.2, 0.25) is 0 Å². The van der Waals surface area contributed by atoms with E-state index in [1.54, 1.807) is 0 Å². The summed E-state index contributed by atoms with van der Waals surface area (Å²) in [5, 5.41) is 0. The number of carbonyl (C=O) groups excluding carboxylic acids is 1. The van der Waals surface area contributed by atoms with Gasteiger partial charge in [0.1, 0.15) is 6.10 Å². The van der Waals surface area contributed by atoms with Gasteiger partial charge in [-0.05, 0) is 89.9 Å². The Morgan fingerprint density at radius 3 is 1.47 bits per heavy atom. The van der Waals surface area contributed by atoms with Crippen molar-refractivity contribution in [3.05, 3.63) is 85.1 Å². The first kappa shape index (κ1) is 55.7. The van der Waals surface area contributed by atoms with Crippen LogP contribution in [0.25, 0.3) is 0 Å². The van der Waals surface area contributed by atoms with Crippen LogP contribution in [0.5, 0.6) is 0 Å². The van der Waals surface area contributed by atoms with Crippen LogP contribution in [0.4, 0.5) is 0 Å². The lowest BCUT2D eigenvalue weighted by atomic mass is 10.1. The molecule has 0 amide bonds. The number of rotatable bonds is 43. The Morgan fingerprint density at radius 2 is 0.966 bits per heavy atom. The number of hydrogen-bond acceptors (Lipinski definition) is 7. The van der Waals surface area contributed by atoms with Gasteiger partial charge < -0.3 is 20.1 Å². The third kappa shape index (κ3) is 44.8. The Morgan fingerprint density at radius 1 is 0.534 bits per heavy atom. The summed E-state index contributed by atoms with van der Waals surface area (Å²) in [4.78, 5) is 22.5. The van der Waals surface area contributed by atoms with Crippen LogP contribution < -0.4 is 5.73 Å². The van der Waals surface area contributed by atoms with Gasteiger partial charge in [-0.25, -0.2) is 4.57 Å². The summed E-state index contributed by atoms with van der Waals surface area (Å²) < 4.78 is 33.4. The SMILES string of the molecule is CC/C=C\C/C=C\C/C=C\C/C=C\C/C=C\C/C=C\CCCCCCCCCOCC(COP(=O)(O)OCCN)OC(=O)CCCCCCC/C=C\CCCCCC. The number of nitrogens with two attached hydrogens (primary N) is 1. The number of carbonyl (C=O) groups is 1. The highest BCUT2D eigenvalue weighted by Crippen LogP contribution is 2.43. The third-order valence-corrected chi connectivity index (χ3v) is 10.3. The molecule has 58 heavy (non-hydrogen) atoms.